The molecule has 0 amide bonds. The average Bonchev–Trinajstić information content (AvgIpc) is 3.02. The monoisotopic (exact) mass is 314 g/mol. The van der Waals surface area contributed by atoms with Crippen LogP contribution in [-0.2, 0) is 6.54 Å². The van der Waals surface area contributed by atoms with E-state index in [9.17, 15) is 0 Å². The van der Waals surface area contributed by atoms with E-state index in [1.807, 2.05) is 19.2 Å². The Hall–Kier alpha value is -1.95. The largest absolute Gasteiger partial charge is 0.354 e. The van der Waals surface area contributed by atoms with Crippen molar-refractivity contribution in [1.82, 2.24) is 24.6 Å². The van der Waals surface area contributed by atoms with Gasteiger partial charge in [-0.1, -0.05) is 0 Å². The smallest absolute Gasteiger partial charge is 0.151 e. The summed E-state index contributed by atoms with van der Waals surface area (Å²) in [4.78, 5) is 9.19. The summed E-state index contributed by atoms with van der Waals surface area (Å²) in [5, 5.41) is 8.53. The number of aryl methyl sites for hydroxylation is 1. The van der Waals surface area contributed by atoms with Crippen LogP contribution in [0, 0.1) is 6.92 Å². The molecular formula is C17H26N6. The summed E-state index contributed by atoms with van der Waals surface area (Å²) >= 11 is 0. The number of likely N-dealkylation sites (N-methyl/N-ethyl adjacent to an activating group) is 1. The van der Waals surface area contributed by atoms with Gasteiger partial charge in [0.25, 0.3) is 0 Å². The molecule has 2 aromatic rings. The van der Waals surface area contributed by atoms with Crippen LogP contribution in [0.15, 0.2) is 24.5 Å². The van der Waals surface area contributed by atoms with Gasteiger partial charge in [-0.15, -0.1) is 5.10 Å². The van der Waals surface area contributed by atoms with E-state index in [0.717, 1.165) is 37.7 Å². The van der Waals surface area contributed by atoms with Gasteiger partial charge in [-0.25, -0.2) is 4.98 Å². The Bertz CT molecular complexity index is 618. The van der Waals surface area contributed by atoms with Gasteiger partial charge in [0.15, 0.2) is 5.82 Å². The first-order valence-electron chi connectivity index (χ1n) is 8.34. The zero-order valence-corrected chi connectivity index (χ0v) is 14.3. The lowest BCUT2D eigenvalue weighted by atomic mass is 9.97. The summed E-state index contributed by atoms with van der Waals surface area (Å²) < 4.78 is 2.30. The van der Waals surface area contributed by atoms with Crippen molar-refractivity contribution in [2.75, 3.05) is 38.6 Å². The van der Waals surface area contributed by atoms with Gasteiger partial charge in [0.2, 0.25) is 0 Å². The number of piperidine rings is 1. The van der Waals surface area contributed by atoms with Gasteiger partial charge in [-0.3, -0.25) is 0 Å². The summed E-state index contributed by atoms with van der Waals surface area (Å²) in [6.45, 7) is 6.01. The highest BCUT2D eigenvalue weighted by molar-refractivity contribution is 5.38. The lowest BCUT2D eigenvalue weighted by Crippen LogP contribution is -2.36. The van der Waals surface area contributed by atoms with E-state index in [2.05, 4.69) is 55.9 Å². The second-order valence-corrected chi connectivity index (χ2v) is 6.60. The SMILES string of the molecule is Cc1ccc(N2CCC[C@@H](c3nccn3CCN(C)C)C2)nn1. The van der Waals surface area contributed by atoms with Crippen molar-refractivity contribution in [3.8, 4) is 0 Å². The zero-order valence-electron chi connectivity index (χ0n) is 14.3. The molecule has 1 aliphatic heterocycles. The van der Waals surface area contributed by atoms with E-state index in [-0.39, 0.29) is 0 Å². The van der Waals surface area contributed by atoms with Crippen LogP contribution < -0.4 is 4.90 Å². The topological polar surface area (TPSA) is 50.1 Å². The van der Waals surface area contributed by atoms with Crippen LogP contribution in [0.25, 0.3) is 0 Å². The molecule has 0 aliphatic carbocycles. The first kappa shape index (κ1) is 15.9. The van der Waals surface area contributed by atoms with Crippen LogP contribution in [0.4, 0.5) is 5.82 Å². The van der Waals surface area contributed by atoms with Crippen LogP contribution in [0.2, 0.25) is 0 Å². The summed E-state index contributed by atoms with van der Waals surface area (Å²) in [5.74, 6) is 2.65. The number of hydrogen-bond donors (Lipinski definition) is 0. The predicted molar refractivity (Wildman–Crippen MR) is 91.7 cm³/mol. The highest BCUT2D eigenvalue weighted by Crippen LogP contribution is 2.28. The molecule has 1 fully saturated rings. The maximum absolute atomic E-state index is 4.64. The number of nitrogens with zero attached hydrogens (tertiary/aromatic N) is 6. The molecule has 0 aromatic carbocycles. The highest BCUT2D eigenvalue weighted by atomic mass is 15.3. The molecule has 1 atom stereocenters. The summed E-state index contributed by atoms with van der Waals surface area (Å²) in [7, 11) is 4.21. The third-order valence-corrected chi connectivity index (χ3v) is 4.43. The standard InChI is InChI=1S/C17H26N6/c1-14-6-7-16(20-19-14)23-9-4-5-15(13-23)17-18-8-10-22(17)12-11-21(2)3/h6-8,10,15H,4-5,9,11-13H2,1-3H3/t15-/m1/s1. The minimum atomic E-state index is 0.462. The molecule has 124 valence electrons. The third kappa shape index (κ3) is 3.88. The van der Waals surface area contributed by atoms with Gasteiger partial charge >= 0.3 is 0 Å². The van der Waals surface area contributed by atoms with Crippen LogP contribution in [-0.4, -0.2) is 58.4 Å². The Labute approximate surface area is 138 Å². The predicted octanol–water partition coefficient (Wildman–Crippen LogP) is 1.93. The van der Waals surface area contributed by atoms with Crippen molar-refractivity contribution >= 4 is 5.82 Å². The lowest BCUT2D eigenvalue weighted by molar-refractivity contribution is 0.373. The fourth-order valence-corrected chi connectivity index (χ4v) is 3.13. The minimum Gasteiger partial charge on any atom is -0.354 e. The van der Waals surface area contributed by atoms with Crippen molar-refractivity contribution in [2.24, 2.45) is 0 Å². The fraction of sp³-hybridized carbons (Fsp3) is 0.588. The van der Waals surface area contributed by atoms with Crippen LogP contribution in [0.1, 0.15) is 30.3 Å². The molecule has 0 bridgehead atoms. The van der Waals surface area contributed by atoms with E-state index in [4.69, 9.17) is 0 Å². The van der Waals surface area contributed by atoms with Crippen molar-refractivity contribution in [2.45, 2.75) is 32.2 Å². The molecule has 3 heterocycles. The van der Waals surface area contributed by atoms with E-state index < -0.39 is 0 Å². The maximum Gasteiger partial charge on any atom is 0.151 e. The molecule has 3 rings (SSSR count). The van der Waals surface area contributed by atoms with Crippen molar-refractivity contribution in [1.29, 1.82) is 0 Å². The van der Waals surface area contributed by atoms with Gasteiger partial charge in [0.05, 0.1) is 5.69 Å². The van der Waals surface area contributed by atoms with E-state index in [1.165, 1.54) is 18.7 Å². The second kappa shape index (κ2) is 7.08. The Kier molecular flexibility index (Phi) is 4.91. The Balaban J connectivity index is 1.71. The van der Waals surface area contributed by atoms with Crippen LogP contribution in [0.5, 0.6) is 0 Å². The zero-order chi connectivity index (χ0) is 16.2. The van der Waals surface area contributed by atoms with Crippen LogP contribution >= 0.6 is 0 Å². The lowest BCUT2D eigenvalue weighted by Gasteiger charge is -2.33. The number of imidazole rings is 1. The first-order valence-corrected chi connectivity index (χ1v) is 8.34. The van der Waals surface area contributed by atoms with Crippen molar-refractivity contribution in [3.63, 3.8) is 0 Å². The molecule has 6 heteroatoms. The van der Waals surface area contributed by atoms with E-state index in [1.54, 1.807) is 0 Å². The van der Waals surface area contributed by atoms with Crippen molar-refractivity contribution in [3.05, 3.63) is 36.0 Å². The molecule has 0 N–H and O–H groups in total. The molecule has 6 nitrogen and oxygen atoms in total. The van der Waals surface area contributed by atoms with E-state index in [0.29, 0.717) is 5.92 Å². The summed E-state index contributed by atoms with van der Waals surface area (Å²) in [5.41, 5.74) is 0.960. The molecule has 23 heavy (non-hydrogen) atoms. The van der Waals surface area contributed by atoms with Gasteiger partial charge in [0, 0.05) is 44.5 Å². The molecule has 1 aliphatic rings. The van der Waals surface area contributed by atoms with Crippen molar-refractivity contribution < 1.29 is 0 Å². The number of anilines is 1. The molecule has 0 unspecified atom stereocenters. The average molecular weight is 314 g/mol. The Morgan fingerprint density at radius 3 is 2.87 bits per heavy atom. The highest BCUT2D eigenvalue weighted by Gasteiger charge is 2.25. The normalized spacial score (nSPS) is 18.6. The minimum absolute atomic E-state index is 0.462. The summed E-state index contributed by atoms with van der Waals surface area (Å²) in [6, 6.07) is 4.10. The molecule has 2 aromatic heterocycles. The quantitative estimate of drug-likeness (QED) is 0.844. The number of rotatable bonds is 5. The van der Waals surface area contributed by atoms with Gasteiger partial charge in [-0.05, 0) is 46.0 Å². The fourth-order valence-electron chi connectivity index (χ4n) is 3.13. The van der Waals surface area contributed by atoms with E-state index >= 15 is 0 Å². The molecular weight excluding hydrogens is 288 g/mol. The maximum atomic E-state index is 4.64. The third-order valence-electron chi connectivity index (χ3n) is 4.43. The Morgan fingerprint density at radius 2 is 2.13 bits per heavy atom. The van der Waals surface area contributed by atoms with Gasteiger partial charge in [-0.2, -0.15) is 5.10 Å². The summed E-state index contributed by atoms with van der Waals surface area (Å²) in [6.07, 6.45) is 6.38. The number of hydrogen-bond acceptors (Lipinski definition) is 5. The number of aromatic nitrogens is 4. The second-order valence-electron chi connectivity index (χ2n) is 6.60. The van der Waals surface area contributed by atoms with Gasteiger partial charge < -0.3 is 14.4 Å². The Morgan fingerprint density at radius 1 is 1.26 bits per heavy atom. The van der Waals surface area contributed by atoms with Gasteiger partial charge in [0.1, 0.15) is 5.82 Å². The molecule has 0 saturated carbocycles. The molecule has 1 saturated heterocycles. The molecule has 0 spiro atoms. The molecule has 0 radical (unpaired) electrons. The van der Waals surface area contributed by atoms with Crippen LogP contribution in [0.3, 0.4) is 0 Å². The first-order chi connectivity index (χ1) is 11.1.